The molecule has 2 aliphatic rings. The molecule has 1 fully saturated rings. The maximum atomic E-state index is 5.99. The number of ether oxygens (including phenoxy) is 2. The second-order valence-electron chi connectivity index (χ2n) is 6.16. The minimum atomic E-state index is 0.277. The summed E-state index contributed by atoms with van der Waals surface area (Å²) in [5.41, 5.74) is 2.92. The van der Waals surface area contributed by atoms with Gasteiger partial charge in [0.1, 0.15) is 12.4 Å². The van der Waals surface area contributed by atoms with Gasteiger partial charge in [-0.25, -0.2) is 0 Å². The van der Waals surface area contributed by atoms with Crippen molar-refractivity contribution in [1.29, 1.82) is 0 Å². The quantitative estimate of drug-likeness (QED) is 0.898. The van der Waals surface area contributed by atoms with Crippen LogP contribution in [0.15, 0.2) is 18.2 Å². The van der Waals surface area contributed by atoms with Crippen LogP contribution in [-0.2, 0) is 11.2 Å². The molecule has 2 atom stereocenters. The average molecular weight is 289 g/mol. The molecule has 1 aliphatic carbocycles. The van der Waals surface area contributed by atoms with Gasteiger partial charge in [-0.05, 0) is 68.3 Å². The number of fused-ring (bicyclic) bond motifs is 1. The smallest absolute Gasteiger partial charge is 0.119 e. The largest absolute Gasteiger partial charge is 0.491 e. The zero-order chi connectivity index (χ0) is 14.5. The fraction of sp³-hybridized carbons (Fsp3) is 0.667. The first-order valence-electron chi connectivity index (χ1n) is 8.47. The van der Waals surface area contributed by atoms with Gasteiger partial charge in [0.2, 0.25) is 0 Å². The lowest BCUT2D eigenvalue weighted by Gasteiger charge is -2.27. The minimum absolute atomic E-state index is 0.277. The monoisotopic (exact) mass is 289 g/mol. The molecule has 0 bridgehead atoms. The summed E-state index contributed by atoms with van der Waals surface area (Å²) in [4.78, 5) is 0. The first-order chi connectivity index (χ1) is 10.4. The molecule has 0 aromatic heterocycles. The van der Waals surface area contributed by atoms with Gasteiger partial charge in [0.05, 0.1) is 6.10 Å². The molecule has 3 rings (SSSR count). The average Bonchev–Trinajstić information content (AvgIpc) is 2.54. The van der Waals surface area contributed by atoms with E-state index < -0.39 is 0 Å². The molecule has 21 heavy (non-hydrogen) atoms. The molecular formula is C18H27NO2. The Balaban J connectivity index is 1.64. The molecule has 0 saturated carbocycles. The summed E-state index contributed by atoms with van der Waals surface area (Å²) in [6.07, 6.45) is 7.57. The Hall–Kier alpha value is -1.06. The zero-order valence-corrected chi connectivity index (χ0v) is 13.1. The van der Waals surface area contributed by atoms with Crippen LogP contribution in [0.2, 0.25) is 0 Å². The van der Waals surface area contributed by atoms with E-state index in [1.54, 1.807) is 0 Å². The van der Waals surface area contributed by atoms with Crippen molar-refractivity contribution < 1.29 is 9.47 Å². The van der Waals surface area contributed by atoms with Gasteiger partial charge in [0, 0.05) is 12.6 Å². The molecule has 0 radical (unpaired) electrons. The summed E-state index contributed by atoms with van der Waals surface area (Å²) in [6, 6.07) is 7.10. The summed E-state index contributed by atoms with van der Waals surface area (Å²) >= 11 is 0. The van der Waals surface area contributed by atoms with E-state index in [4.69, 9.17) is 9.47 Å². The van der Waals surface area contributed by atoms with E-state index in [1.165, 1.54) is 43.2 Å². The van der Waals surface area contributed by atoms with E-state index in [0.29, 0.717) is 12.6 Å². The van der Waals surface area contributed by atoms with Crippen LogP contribution in [0.5, 0.6) is 5.75 Å². The summed E-state index contributed by atoms with van der Waals surface area (Å²) in [7, 11) is 0. The Morgan fingerprint density at radius 1 is 1.24 bits per heavy atom. The highest BCUT2D eigenvalue weighted by Crippen LogP contribution is 2.32. The topological polar surface area (TPSA) is 30.5 Å². The standard InChI is InChI=1S/C18H27NO2/c1-2-19-18-8-5-6-14-9-10-15(12-17(14)18)21-13-16-7-3-4-11-20-16/h9-10,12,16,18-19H,2-8,11,13H2,1H3. The second kappa shape index (κ2) is 7.28. The van der Waals surface area contributed by atoms with Crippen molar-refractivity contribution in [2.75, 3.05) is 19.8 Å². The third kappa shape index (κ3) is 3.78. The maximum absolute atomic E-state index is 5.99. The third-order valence-corrected chi connectivity index (χ3v) is 4.59. The molecule has 1 aromatic rings. The zero-order valence-electron chi connectivity index (χ0n) is 13.1. The Bertz CT molecular complexity index is 455. The summed E-state index contributed by atoms with van der Waals surface area (Å²) in [6.45, 7) is 4.77. The van der Waals surface area contributed by atoms with Crippen LogP contribution in [0.3, 0.4) is 0 Å². The Labute approximate surface area is 128 Å². The number of nitrogens with one attached hydrogen (secondary N) is 1. The highest BCUT2D eigenvalue weighted by atomic mass is 16.5. The van der Waals surface area contributed by atoms with Crippen LogP contribution in [0.25, 0.3) is 0 Å². The van der Waals surface area contributed by atoms with Gasteiger partial charge in [0.15, 0.2) is 0 Å². The van der Waals surface area contributed by atoms with Gasteiger partial charge < -0.3 is 14.8 Å². The van der Waals surface area contributed by atoms with Crippen molar-refractivity contribution in [3.05, 3.63) is 29.3 Å². The molecular weight excluding hydrogens is 262 g/mol. The maximum Gasteiger partial charge on any atom is 0.119 e. The number of aryl methyl sites for hydroxylation is 1. The Morgan fingerprint density at radius 3 is 3.00 bits per heavy atom. The van der Waals surface area contributed by atoms with Crippen LogP contribution < -0.4 is 10.1 Å². The van der Waals surface area contributed by atoms with Crippen LogP contribution >= 0.6 is 0 Å². The highest BCUT2D eigenvalue weighted by Gasteiger charge is 2.20. The first kappa shape index (κ1) is 14.9. The lowest BCUT2D eigenvalue weighted by atomic mass is 9.87. The predicted molar refractivity (Wildman–Crippen MR) is 84.9 cm³/mol. The summed E-state index contributed by atoms with van der Waals surface area (Å²) in [5, 5.41) is 3.59. The van der Waals surface area contributed by atoms with Crippen molar-refractivity contribution in [2.45, 2.75) is 57.6 Å². The third-order valence-electron chi connectivity index (χ3n) is 4.59. The van der Waals surface area contributed by atoms with E-state index >= 15 is 0 Å². The van der Waals surface area contributed by atoms with Gasteiger partial charge in [0.25, 0.3) is 0 Å². The fourth-order valence-corrected chi connectivity index (χ4v) is 3.45. The molecule has 1 saturated heterocycles. The summed E-state index contributed by atoms with van der Waals surface area (Å²) < 4.78 is 11.7. The van der Waals surface area contributed by atoms with Crippen LogP contribution in [0, 0.1) is 0 Å². The predicted octanol–water partition coefficient (Wildman–Crippen LogP) is 3.62. The lowest BCUT2D eigenvalue weighted by molar-refractivity contribution is -0.0111. The molecule has 1 aliphatic heterocycles. The SMILES string of the molecule is CCNC1CCCc2ccc(OCC3CCCCO3)cc21. The molecule has 3 nitrogen and oxygen atoms in total. The molecule has 1 heterocycles. The minimum Gasteiger partial charge on any atom is -0.491 e. The van der Waals surface area contributed by atoms with Crippen molar-refractivity contribution in [3.63, 3.8) is 0 Å². The van der Waals surface area contributed by atoms with Gasteiger partial charge in [-0.1, -0.05) is 13.0 Å². The lowest BCUT2D eigenvalue weighted by Crippen LogP contribution is -2.26. The van der Waals surface area contributed by atoms with Crippen molar-refractivity contribution >= 4 is 0 Å². The van der Waals surface area contributed by atoms with Gasteiger partial charge in [-0.3, -0.25) is 0 Å². The molecule has 116 valence electrons. The Kier molecular flexibility index (Phi) is 5.15. The van der Waals surface area contributed by atoms with Gasteiger partial charge >= 0.3 is 0 Å². The van der Waals surface area contributed by atoms with Crippen LogP contribution in [0.4, 0.5) is 0 Å². The van der Waals surface area contributed by atoms with Crippen molar-refractivity contribution in [3.8, 4) is 5.75 Å². The molecule has 0 spiro atoms. The molecule has 1 N–H and O–H groups in total. The van der Waals surface area contributed by atoms with E-state index in [-0.39, 0.29) is 6.10 Å². The van der Waals surface area contributed by atoms with Crippen LogP contribution in [-0.4, -0.2) is 25.9 Å². The molecule has 2 unspecified atom stereocenters. The van der Waals surface area contributed by atoms with Gasteiger partial charge in [-0.2, -0.15) is 0 Å². The van der Waals surface area contributed by atoms with E-state index in [9.17, 15) is 0 Å². The molecule has 3 heteroatoms. The second-order valence-corrected chi connectivity index (χ2v) is 6.16. The number of hydrogen-bond donors (Lipinski definition) is 1. The van der Waals surface area contributed by atoms with Gasteiger partial charge in [-0.15, -0.1) is 0 Å². The fourth-order valence-electron chi connectivity index (χ4n) is 3.45. The van der Waals surface area contributed by atoms with Crippen LogP contribution in [0.1, 0.15) is 56.2 Å². The highest BCUT2D eigenvalue weighted by molar-refractivity contribution is 5.39. The first-order valence-corrected chi connectivity index (χ1v) is 8.47. The van der Waals surface area contributed by atoms with E-state index in [2.05, 4.69) is 30.4 Å². The molecule has 0 amide bonds. The summed E-state index contributed by atoms with van der Waals surface area (Å²) in [5.74, 6) is 0.993. The van der Waals surface area contributed by atoms with Crippen molar-refractivity contribution in [1.82, 2.24) is 5.32 Å². The molecule has 1 aromatic carbocycles. The number of rotatable bonds is 5. The number of benzene rings is 1. The van der Waals surface area contributed by atoms with E-state index in [0.717, 1.165) is 25.3 Å². The van der Waals surface area contributed by atoms with E-state index in [1.807, 2.05) is 0 Å². The number of hydrogen-bond acceptors (Lipinski definition) is 3. The van der Waals surface area contributed by atoms with Crippen molar-refractivity contribution in [2.24, 2.45) is 0 Å². The Morgan fingerprint density at radius 2 is 2.19 bits per heavy atom. The normalized spacial score (nSPS) is 25.4.